The first-order valence-electron chi connectivity index (χ1n) is 10.3. The van der Waals surface area contributed by atoms with Crippen LogP contribution in [0, 0.1) is 5.92 Å². The van der Waals surface area contributed by atoms with Crippen LogP contribution >= 0.6 is 0 Å². The van der Waals surface area contributed by atoms with Crippen molar-refractivity contribution in [2.75, 3.05) is 14.1 Å². The van der Waals surface area contributed by atoms with E-state index >= 15 is 0 Å². The van der Waals surface area contributed by atoms with Crippen LogP contribution in [0.4, 0.5) is 0 Å². The van der Waals surface area contributed by atoms with E-state index in [-0.39, 0.29) is 23.4 Å². The van der Waals surface area contributed by atoms with Crippen LogP contribution in [0.25, 0.3) is 11.0 Å². The number of benzene rings is 1. The first-order valence-corrected chi connectivity index (χ1v) is 11.8. The third kappa shape index (κ3) is 4.80. The van der Waals surface area contributed by atoms with E-state index < -0.39 is 10.0 Å². The molecule has 0 amide bonds. The third-order valence-electron chi connectivity index (χ3n) is 5.63. The molecule has 160 valence electrons. The van der Waals surface area contributed by atoms with Crippen LogP contribution in [-0.4, -0.2) is 48.4 Å². The van der Waals surface area contributed by atoms with Crippen LogP contribution in [0.1, 0.15) is 51.8 Å². The summed E-state index contributed by atoms with van der Waals surface area (Å²) in [5.74, 6) is 1.20. The van der Waals surface area contributed by atoms with Gasteiger partial charge in [-0.05, 0) is 50.3 Å². The Balaban J connectivity index is 1.74. The van der Waals surface area contributed by atoms with E-state index in [1.54, 1.807) is 18.2 Å². The number of esters is 1. The number of fused-ring (bicyclic) bond motifs is 1. The molecule has 0 radical (unpaired) electrons. The second-order valence-electron chi connectivity index (χ2n) is 8.09. The molecule has 0 aliphatic heterocycles. The summed E-state index contributed by atoms with van der Waals surface area (Å²) < 4.78 is 33.7. The molecule has 1 aromatic carbocycles. The van der Waals surface area contributed by atoms with Crippen molar-refractivity contribution < 1.29 is 17.9 Å². The van der Waals surface area contributed by atoms with Crippen LogP contribution in [0.5, 0.6) is 0 Å². The van der Waals surface area contributed by atoms with Gasteiger partial charge in [0.1, 0.15) is 11.9 Å². The fraction of sp³-hybridized carbons (Fsp3) is 0.619. The van der Waals surface area contributed by atoms with Crippen LogP contribution in [0.15, 0.2) is 23.1 Å². The molecule has 0 bridgehead atoms. The van der Waals surface area contributed by atoms with Gasteiger partial charge in [0.05, 0.1) is 22.3 Å². The summed E-state index contributed by atoms with van der Waals surface area (Å²) in [6, 6.07) is 4.99. The standard InChI is InChI=1S/C21H31N3O4S/c1-5-24-19-10-9-17(29(26,27)23(3)4)14-18(19)22-20(24)11-12-21(25)28-16-8-6-7-15(2)13-16/h9-10,14-16H,5-8,11-13H2,1-4H3. The van der Waals surface area contributed by atoms with Gasteiger partial charge in [0.25, 0.3) is 0 Å². The smallest absolute Gasteiger partial charge is 0.306 e. The highest BCUT2D eigenvalue weighted by Gasteiger charge is 2.23. The molecule has 29 heavy (non-hydrogen) atoms. The molecule has 1 aliphatic rings. The zero-order valence-corrected chi connectivity index (χ0v) is 18.5. The predicted octanol–water partition coefficient (Wildman–Crippen LogP) is 3.36. The number of aryl methyl sites for hydroxylation is 2. The average Bonchev–Trinajstić information content (AvgIpc) is 3.02. The lowest BCUT2D eigenvalue weighted by atomic mass is 9.89. The monoisotopic (exact) mass is 421 g/mol. The summed E-state index contributed by atoms with van der Waals surface area (Å²) in [6.07, 6.45) is 5.00. The number of nitrogens with zero attached hydrogens (tertiary/aromatic N) is 3. The zero-order valence-electron chi connectivity index (χ0n) is 17.7. The molecule has 0 N–H and O–H groups in total. The van der Waals surface area contributed by atoms with E-state index in [9.17, 15) is 13.2 Å². The maximum absolute atomic E-state index is 12.4. The molecule has 2 unspecified atom stereocenters. The minimum Gasteiger partial charge on any atom is -0.462 e. The number of ether oxygens (including phenoxy) is 1. The van der Waals surface area contributed by atoms with Crippen molar-refractivity contribution in [3.05, 3.63) is 24.0 Å². The second-order valence-corrected chi connectivity index (χ2v) is 10.2. The van der Waals surface area contributed by atoms with E-state index in [1.807, 2.05) is 11.5 Å². The molecule has 8 heteroatoms. The van der Waals surface area contributed by atoms with Crippen molar-refractivity contribution in [3.8, 4) is 0 Å². The van der Waals surface area contributed by atoms with Crippen LogP contribution < -0.4 is 0 Å². The summed E-state index contributed by atoms with van der Waals surface area (Å²) in [7, 11) is -0.499. The summed E-state index contributed by atoms with van der Waals surface area (Å²) in [5, 5.41) is 0. The van der Waals surface area contributed by atoms with Gasteiger partial charge in [-0.1, -0.05) is 13.3 Å². The maximum Gasteiger partial charge on any atom is 0.306 e. The Morgan fingerprint density at radius 3 is 2.72 bits per heavy atom. The summed E-state index contributed by atoms with van der Waals surface area (Å²) in [4.78, 5) is 17.2. The van der Waals surface area contributed by atoms with E-state index in [0.717, 1.165) is 30.6 Å². The Bertz CT molecular complexity index is 981. The highest BCUT2D eigenvalue weighted by Crippen LogP contribution is 2.26. The summed E-state index contributed by atoms with van der Waals surface area (Å²) in [5.41, 5.74) is 1.49. The van der Waals surface area contributed by atoms with Crippen molar-refractivity contribution in [1.82, 2.24) is 13.9 Å². The Hall–Kier alpha value is -1.93. The minimum absolute atomic E-state index is 0.0371. The van der Waals surface area contributed by atoms with Crippen molar-refractivity contribution in [2.45, 2.75) is 69.9 Å². The van der Waals surface area contributed by atoms with Gasteiger partial charge in [0.15, 0.2) is 0 Å². The molecule has 0 saturated heterocycles. The van der Waals surface area contributed by atoms with Gasteiger partial charge in [-0.15, -0.1) is 0 Å². The van der Waals surface area contributed by atoms with Gasteiger partial charge in [0, 0.05) is 27.1 Å². The van der Waals surface area contributed by atoms with Crippen molar-refractivity contribution in [3.63, 3.8) is 0 Å². The number of sulfonamides is 1. The van der Waals surface area contributed by atoms with Gasteiger partial charge in [-0.3, -0.25) is 4.79 Å². The number of carbonyl (C=O) groups is 1. The van der Waals surface area contributed by atoms with Crippen LogP contribution in [-0.2, 0) is 32.5 Å². The van der Waals surface area contributed by atoms with Crippen molar-refractivity contribution >= 4 is 27.0 Å². The lowest BCUT2D eigenvalue weighted by Crippen LogP contribution is -2.24. The SMILES string of the molecule is CCn1c(CCC(=O)OC2CCCC(C)C2)nc2cc(S(=O)(=O)N(C)C)ccc21. The van der Waals surface area contributed by atoms with Gasteiger partial charge in [-0.25, -0.2) is 17.7 Å². The van der Waals surface area contributed by atoms with E-state index in [2.05, 4.69) is 11.9 Å². The normalized spacial score (nSPS) is 20.3. The van der Waals surface area contributed by atoms with Crippen molar-refractivity contribution in [2.24, 2.45) is 5.92 Å². The van der Waals surface area contributed by atoms with E-state index in [1.165, 1.54) is 24.8 Å². The quantitative estimate of drug-likeness (QED) is 0.640. The highest BCUT2D eigenvalue weighted by atomic mass is 32.2. The molecule has 1 aromatic heterocycles. The molecule has 2 atom stereocenters. The number of hydrogen-bond donors (Lipinski definition) is 0. The molecule has 3 rings (SSSR count). The van der Waals surface area contributed by atoms with Crippen LogP contribution in [0.2, 0.25) is 0 Å². The van der Waals surface area contributed by atoms with Gasteiger partial charge >= 0.3 is 5.97 Å². The first kappa shape index (κ1) is 21.8. The third-order valence-corrected chi connectivity index (χ3v) is 7.44. The number of carbonyl (C=O) groups excluding carboxylic acids is 1. The molecular formula is C21H31N3O4S. The fourth-order valence-corrected chi connectivity index (χ4v) is 4.94. The Morgan fingerprint density at radius 1 is 1.31 bits per heavy atom. The van der Waals surface area contributed by atoms with E-state index in [4.69, 9.17) is 4.74 Å². The van der Waals surface area contributed by atoms with Gasteiger partial charge in [-0.2, -0.15) is 0 Å². The molecular weight excluding hydrogens is 390 g/mol. The second kappa shape index (κ2) is 8.83. The first-order chi connectivity index (χ1) is 13.7. The summed E-state index contributed by atoms with van der Waals surface area (Å²) in [6.45, 7) is 4.91. The topological polar surface area (TPSA) is 81.5 Å². The van der Waals surface area contributed by atoms with Crippen LogP contribution in [0.3, 0.4) is 0 Å². The lowest BCUT2D eigenvalue weighted by Gasteiger charge is -2.26. The fourth-order valence-electron chi connectivity index (χ4n) is 4.02. The van der Waals surface area contributed by atoms with Gasteiger partial charge in [0.2, 0.25) is 10.0 Å². The number of rotatable bonds is 7. The molecule has 1 aliphatic carbocycles. The van der Waals surface area contributed by atoms with E-state index in [0.29, 0.717) is 24.4 Å². The predicted molar refractivity (Wildman–Crippen MR) is 112 cm³/mol. The zero-order chi connectivity index (χ0) is 21.2. The van der Waals surface area contributed by atoms with Crippen molar-refractivity contribution in [1.29, 1.82) is 0 Å². The molecule has 1 fully saturated rings. The Morgan fingerprint density at radius 2 is 2.07 bits per heavy atom. The summed E-state index contributed by atoms with van der Waals surface area (Å²) >= 11 is 0. The lowest BCUT2D eigenvalue weighted by molar-refractivity contribution is -0.151. The molecule has 1 saturated carbocycles. The highest BCUT2D eigenvalue weighted by molar-refractivity contribution is 7.89. The molecule has 2 aromatic rings. The number of aromatic nitrogens is 2. The largest absolute Gasteiger partial charge is 0.462 e. The Kier molecular flexibility index (Phi) is 6.63. The molecule has 0 spiro atoms. The maximum atomic E-state index is 12.4. The molecule has 7 nitrogen and oxygen atoms in total. The number of hydrogen-bond acceptors (Lipinski definition) is 5. The molecule has 1 heterocycles. The number of imidazole rings is 1. The average molecular weight is 422 g/mol. The Labute approximate surface area is 173 Å². The van der Waals surface area contributed by atoms with Gasteiger partial charge < -0.3 is 9.30 Å². The minimum atomic E-state index is -3.52.